The third-order valence-corrected chi connectivity index (χ3v) is 4.47. The van der Waals surface area contributed by atoms with Crippen LogP contribution in [0.15, 0.2) is 0 Å². The normalized spacial score (nSPS) is 28.4. The highest BCUT2D eigenvalue weighted by atomic mass is 16.4. The first-order chi connectivity index (χ1) is 8.66. The first-order valence-corrected chi connectivity index (χ1v) is 7.17. The smallest absolute Gasteiger partial charge is 0.306 e. The Morgan fingerprint density at radius 2 is 1.72 bits per heavy atom. The Bertz CT molecular complexity index is 312. The summed E-state index contributed by atoms with van der Waals surface area (Å²) in [7, 11) is 0. The fourth-order valence-corrected chi connectivity index (χ4v) is 2.98. The molecule has 0 aliphatic heterocycles. The molecule has 0 radical (unpaired) electrons. The second-order valence-electron chi connectivity index (χ2n) is 5.78. The Balaban J connectivity index is 1.68. The van der Waals surface area contributed by atoms with Crippen LogP contribution in [0.2, 0.25) is 0 Å². The highest BCUT2D eigenvalue weighted by molar-refractivity contribution is 5.80. The van der Waals surface area contributed by atoms with Crippen LogP contribution in [0.5, 0.6) is 0 Å². The van der Waals surface area contributed by atoms with Gasteiger partial charge in [-0.3, -0.25) is 9.59 Å². The van der Waals surface area contributed by atoms with Gasteiger partial charge in [0, 0.05) is 12.5 Å². The van der Waals surface area contributed by atoms with E-state index in [0.717, 1.165) is 38.1 Å². The summed E-state index contributed by atoms with van der Waals surface area (Å²) in [6.07, 6.45) is 7.98. The van der Waals surface area contributed by atoms with Crippen LogP contribution in [-0.4, -0.2) is 23.5 Å². The minimum Gasteiger partial charge on any atom is -0.481 e. The van der Waals surface area contributed by atoms with E-state index in [4.69, 9.17) is 5.11 Å². The van der Waals surface area contributed by atoms with Crippen molar-refractivity contribution in [1.29, 1.82) is 0 Å². The van der Waals surface area contributed by atoms with Crippen LogP contribution in [0.3, 0.4) is 0 Å². The molecule has 2 N–H and O–H groups in total. The van der Waals surface area contributed by atoms with Crippen LogP contribution in [0.4, 0.5) is 0 Å². The highest BCUT2D eigenvalue weighted by Gasteiger charge is 2.30. The molecule has 0 heterocycles. The molecule has 2 fully saturated rings. The highest BCUT2D eigenvalue weighted by Crippen LogP contribution is 2.30. The molecule has 0 saturated heterocycles. The summed E-state index contributed by atoms with van der Waals surface area (Å²) < 4.78 is 0. The van der Waals surface area contributed by atoms with Crippen LogP contribution in [0, 0.1) is 17.8 Å². The van der Waals surface area contributed by atoms with Crippen molar-refractivity contribution in [3.05, 3.63) is 0 Å². The lowest BCUT2D eigenvalue weighted by molar-refractivity contribution is -0.144. The van der Waals surface area contributed by atoms with Gasteiger partial charge in [0.05, 0.1) is 5.92 Å². The van der Waals surface area contributed by atoms with E-state index in [2.05, 4.69) is 5.32 Å². The number of nitrogens with one attached hydrogen (secondary N) is 1. The van der Waals surface area contributed by atoms with Gasteiger partial charge in [0.25, 0.3) is 0 Å². The van der Waals surface area contributed by atoms with Crippen molar-refractivity contribution in [2.24, 2.45) is 17.8 Å². The van der Waals surface area contributed by atoms with E-state index in [1.165, 1.54) is 19.3 Å². The summed E-state index contributed by atoms with van der Waals surface area (Å²) in [6.45, 7) is 0.762. The summed E-state index contributed by atoms with van der Waals surface area (Å²) in [4.78, 5) is 22.9. The monoisotopic (exact) mass is 253 g/mol. The minimum absolute atomic E-state index is 0.0697. The third kappa shape index (κ3) is 3.47. The van der Waals surface area contributed by atoms with E-state index < -0.39 is 5.97 Å². The number of carbonyl (C=O) groups is 2. The van der Waals surface area contributed by atoms with Gasteiger partial charge in [-0.15, -0.1) is 0 Å². The van der Waals surface area contributed by atoms with Crippen molar-refractivity contribution < 1.29 is 14.7 Å². The van der Waals surface area contributed by atoms with Gasteiger partial charge in [0.15, 0.2) is 0 Å². The fourth-order valence-electron chi connectivity index (χ4n) is 2.98. The van der Waals surface area contributed by atoms with E-state index in [1.54, 1.807) is 0 Å². The first-order valence-electron chi connectivity index (χ1n) is 7.17. The average molecular weight is 253 g/mol. The van der Waals surface area contributed by atoms with Gasteiger partial charge in [0.2, 0.25) is 5.91 Å². The van der Waals surface area contributed by atoms with E-state index in [1.807, 2.05) is 0 Å². The summed E-state index contributed by atoms with van der Waals surface area (Å²) in [6, 6.07) is 0. The Morgan fingerprint density at radius 1 is 1.06 bits per heavy atom. The number of hydrogen-bond acceptors (Lipinski definition) is 2. The molecule has 2 rings (SSSR count). The van der Waals surface area contributed by atoms with Crippen LogP contribution >= 0.6 is 0 Å². The molecule has 0 spiro atoms. The number of hydrogen-bond donors (Lipinski definition) is 2. The topological polar surface area (TPSA) is 66.4 Å². The predicted molar refractivity (Wildman–Crippen MR) is 68.1 cm³/mol. The molecule has 0 bridgehead atoms. The quantitative estimate of drug-likeness (QED) is 0.789. The van der Waals surface area contributed by atoms with Gasteiger partial charge in [-0.25, -0.2) is 0 Å². The molecule has 2 aliphatic carbocycles. The Labute approximate surface area is 108 Å². The molecule has 4 nitrogen and oxygen atoms in total. The molecule has 0 aromatic heterocycles. The fraction of sp³-hybridized carbons (Fsp3) is 0.857. The molecule has 18 heavy (non-hydrogen) atoms. The lowest BCUT2D eigenvalue weighted by atomic mass is 9.80. The largest absolute Gasteiger partial charge is 0.481 e. The van der Waals surface area contributed by atoms with Crippen molar-refractivity contribution in [2.75, 3.05) is 6.54 Å². The predicted octanol–water partition coefficient (Wildman–Crippen LogP) is 2.18. The summed E-state index contributed by atoms with van der Waals surface area (Å²) in [5, 5.41) is 12.0. The Kier molecular flexibility index (Phi) is 4.61. The van der Waals surface area contributed by atoms with Crippen molar-refractivity contribution in [3.8, 4) is 0 Å². The maximum Gasteiger partial charge on any atom is 0.306 e. The summed E-state index contributed by atoms with van der Waals surface area (Å²) in [5.41, 5.74) is 0. The molecule has 2 saturated carbocycles. The molecule has 2 aliphatic rings. The van der Waals surface area contributed by atoms with Crippen molar-refractivity contribution >= 4 is 11.9 Å². The maximum atomic E-state index is 12.0. The number of carbonyl (C=O) groups excluding carboxylic acids is 1. The zero-order valence-corrected chi connectivity index (χ0v) is 10.9. The van der Waals surface area contributed by atoms with Gasteiger partial charge in [0.1, 0.15) is 0 Å². The minimum atomic E-state index is -0.748. The molecule has 1 amide bonds. The summed E-state index contributed by atoms with van der Waals surface area (Å²) >= 11 is 0. The molecule has 0 aromatic rings. The molecular weight excluding hydrogens is 230 g/mol. The first kappa shape index (κ1) is 13.4. The van der Waals surface area contributed by atoms with Crippen LogP contribution < -0.4 is 5.32 Å². The SMILES string of the molecule is O=C(O)C1CCCC(C(=O)NCCC2CCC2)C1. The average Bonchev–Trinajstić information content (AvgIpc) is 2.32. The van der Waals surface area contributed by atoms with Crippen LogP contribution in [-0.2, 0) is 9.59 Å². The number of amides is 1. The van der Waals surface area contributed by atoms with Crippen molar-refractivity contribution in [2.45, 2.75) is 51.4 Å². The number of aliphatic carboxylic acids is 1. The second-order valence-corrected chi connectivity index (χ2v) is 5.78. The lowest BCUT2D eigenvalue weighted by Crippen LogP contribution is -2.36. The van der Waals surface area contributed by atoms with Gasteiger partial charge in [-0.05, 0) is 31.6 Å². The second kappa shape index (κ2) is 6.21. The zero-order chi connectivity index (χ0) is 13.0. The third-order valence-electron chi connectivity index (χ3n) is 4.47. The molecule has 2 unspecified atom stereocenters. The zero-order valence-electron chi connectivity index (χ0n) is 10.9. The molecule has 2 atom stereocenters. The van der Waals surface area contributed by atoms with Crippen LogP contribution in [0.25, 0.3) is 0 Å². The van der Waals surface area contributed by atoms with Crippen molar-refractivity contribution in [3.63, 3.8) is 0 Å². The van der Waals surface area contributed by atoms with Crippen LogP contribution in [0.1, 0.15) is 51.4 Å². The van der Waals surface area contributed by atoms with Gasteiger partial charge in [-0.2, -0.15) is 0 Å². The molecule has 4 heteroatoms. The van der Waals surface area contributed by atoms with Gasteiger partial charge >= 0.3 is 5.97 Å². The standard InChI is InChI=1S/C14H23NO3/c16-13(15-8-7-10-3-1-4-10)11-5-2-6-12(9-11)14(17)18/h10-12H,1-9H2,(H,15,16)(H,17,18). The maximum absolute atomic E-state index is 12.0. The number of carboxylic acid groups (broad SMARTS) is 1. The van der Waals surface area contributed by atoms with E-state index in [9.17, 15) is 9.59 Å². The van der Waals surface area contributed by atoms with Crippen molar-refractivity contribution in [1.82, 2.24) is 5.32 Å². The van der Waals surface area contributed by atoms with E-state index in [-0.39, 0.29) is 17.7 Å². The number of carboxylic acids is 1. The Hall–Kier alpha value is -1.06. The molecule has 102 valence electrons. The van der Waals surface area contributed by atoms with E-state index in [0.29, 0.717) is 6.42 Å². The lowest BCUT2D eigenvalue weighted by Gasteiger charge is -2.27. The number of rotatable bonds is 5. The molecular formula is C14H23NO3. The van der Waals surface area contributed by atoms with E-state index >= 15 is 0 Å². The van der Waals surface area contributed by atoms with Gasteiger partial charge < -0.3 is 10.4 Å². The molecule has 0 aromatic carbocycles. The Morgan fingerprint density at radius 3 is 2.33 bits per heavy atom. The van der Waals surface area contributed by atoms with Gasteiger partial charge in [-0.1, -0.05) is 25.7 Å². The summed E-state index contributed by atoms with van der Waals surface area (Å²) in [5.74, 6) is -0.270.